The molecule has 0 spiro atoms. The molecule has 2 aromatic rings. The summed E-state index contributed by atoms with van der Waals surface area (Å²) in [4.78, 5) is 27.6. The minimum absolute atomic E-state index is 0.129. The number of hydrogen-bond donors (Lipinski definition) is 2. The number of aromatic nitrogens is 1. The first-order valence-electron chi connectivity index (χ1n) is 8.84. The van der Waals surface area contributed by atoms with Gasteiger partial charge in [-0.05, 0) is 44.0 Å². The molecule has 27 heavy (non-hydrogen) atoms. The maximum atomic E-state index is 12.4. The zero-order chi connectivity index (χ0) is 19.3. The molecule has 1 aromatic heterocycles. The van der Waals surface area contributed by atoms with Crippen LogP contribution in [0.3, 0.4) is 0 Å². The van der Waals surface area contributed by atoms with Crippen LogP contribution in [0.25, 0.3) is 0 Å². The third-order valence-corrected chi connectivity index (χ3v) is 4.52. The van der Waals surface area contributed by atoms with Gasteiger partial charge in [0.15, 0.2) is 11.5 Å². The van der Waals surface area contributed by atoms with E-state index >= 15 is 0 Å². The highest BCUT2D eigenvalue weighted by Crippen LogP contribution is 2.45. The van der Waals surface area contributed by atoms with Crippen LogP contribution in [0, 0.1) is 5.41 Å². The third kappa shape index (κ3) is 4.55. The summed E-state index contributed by atoms with van der Waals surface area (Å²) in [6, 6.07) is 8.67. The Balaban J connectivity index is 1.67. The number of ether oxygens (including phenoxy) is 2. The molecule has 1 aromatic carbocycles. The van der Waals surface area contributed by atoms with Crippen molar-refractivity contribution in [1.29, 1.82) is 0 Å². The molecule has 1 amide bonds. The zero-order valence-corrected chi connectivity index (χ0v) is 15.1. The molecule has 0 bridgehead atoms. The molecule has 1 aliphatic rings. The number of nitrogens with one attached hydrogen (secondary N) is 1. The van der Waals surface area contributed by atoms with Gasteiger partial charge in [0.1, 0.15) is 6.61 Å². The van der Waals surface area contributed by atoms with Crippen LogP contribution in [-0.4, -0.2) is 35.1 Å². The number of aliphatic carboxylic acids is 1. The molecule has 1 saturated carbocycles. The van der Waals surface area contributed by atoms with Crippen molar-refractivity contribution in [3.63, 3.8) is 0 Å². The number of pyridine rings is 1. The van der Waals surface area contributed by atoms with E-state index in [1.807, 2.05) is 19.1 Å². The fourth-order valence-electron chi connectivity index (χ4n) is 2.65. The van der Waals surface area contributed by atoms with Crippen LogP contribution in [0.15, 0.2) is 42.7 Å². The Hall–Kier alpha value is -3.09. The van der Waals surface area contributed by atoms with Crippen molar-refractivity contribution >= 4 is 11.9 Å². The number of carbonyl (C=O) groups is 2. The van der Waals surface area contributed by atoms with Crippen LogP contribution in [-0.2, 0) is 11.4 Å². The Kier molecular flexibility index (Phi) is 5.59. The minimum atomic E-state index is -0.864. The molecule has 0 radical (unpaired) electrons. The Morgan fingerprint density at radius 2 is 2.04 bits per heavy atom. The number of hydrogen-bond acceptors (Lipinski definition) is 5. The van der Waals surface area contributed by atoms with Gasteiger partial charge in [-0.2, -0.15) is 0 Å². The van der Waals surface area contributed by atoms with Crippen LogP contribution < -0.4 is 14.8 Å². The van der Waals surface area contributed by atoms with E-state index in [0.717, 1.165) is 5.56 Å². The quantitative estimate of drug-likeness (QED) is 0.704. The summed E-state index contributed by atoms with van der Waals surface area (Å²) in [5, 5.41) is 11.9. The summed E-state index contributed by atoms with van der Waals surface area (Å²) in [7, 11) is 0. The second-order valence-electron chi connectivity index (χ2n) is 6.51. The van der Waals surface area contributed by atoms with Gasteiger partial charge in [0.2, 0.25) is 0 Å². The first kappa shape index (κ1) is 18.7. The van der Waals surface area contributed by atoms with E-state index in [1.54, 1.807) is 30.6 Å². The highest BCUT2D eigenvalue weighted by Gasteiger charge is 2.50. The summed E-state index contributed by atoms with van der Waals surface area (Å²) >= 11 is 0. The minimum Gasteiger partial charge on any atom is -0.490 e. The van der Waals surface area contributed by atoms with Crippen molar-refractivity contribution in [2.75, 3.05) is 13.2 Å². The van der Waals surface area contributed by atoms with Crippen molar-refractivity contribution < 1.29 is 24.2 Å². The summed E-state index contributed by atoms with van der Waals surface area (Å²) < 4.78 is 11.4. The molecule has 1 fully saturated rings. The van der Waals surface area contributed by atoms with E-state index in [1.165, 1.54) is 0 Å². The van der Waals surface area contributed by atoms with Crippen LogP contribution in [0.1, 0.15) is 35.7 Å². The number of benzene rings is 1. The molecule has 2 N–H and O–H groups in total. The van der Waals surface area contributed by atoms with Crippen molar-refractivity contribution in [2.45, 2.75) is 26.4 Å². The second kappa shape index (κ2) is 8.07. The Morgan fingerprint density at radius 1 is 1.22 bits per heavy atom. The Bertz CT molecular complexity index is 818. The molecule has 0 aliphatic heterocycles. The van der Waals surface area contributed by atoms with Crippen LogP contribution in [0.2, 0.25) is 0 Å². The van der Waals surface area contributed by atoms with Crippen molar-refractivity contribution in [3.8, 4) is 11.5 Å². The fourth-order valence-corrected chi connectivity index (χ4v) is 2.65. The van der Waals surface area contributed by atoms with Gasteiger partial charge in [-0.1, -0.05) is 6.07 Å². The fraction of sp³-hybridized carbons (Fsp3) is 0.350. The highest BCUT2D eigenvalue weighted by molar-refractivity contribution is 5.95. The predicted molar refractivity (Wildman–Crippen MR) is 97.8 cm³/mol. The largest absolute Gasteiger partial charge is 0.490 e. The van der Waals surface area contributed by atoms with Gasteiger partial charge in [-0.25, -0.2) is 0 Å². The van der Waals surface area contributed by atoms with Gasteiger partial charge in [0, 0.05) is 30.1 Å². The number of rotatable bonds is 9. The van der Waals surface area contributed by atoms with E-state index in [4.69, 9.17) is 9.47 Å². The van der Waals surface area contributed by atoms with Crippen molar-refractivity contribution in [1.82, 2.24) is 10.3 Å². The summed E-state index contributed by atoms with van der Waals surface area (Å²) in [6.07, 6.45) is 4.60. The van der Waals surface area contributed by atoms with Crippen molar-refractivity contribution in [2.24, 2.45) is 5.41 Å². The van der Waals surface area contributed by atoms with Gasteiger partial charge >= 0.3 is 5.97 Å². The lowest BCUT2D eigenvalue weighted by atomic mass is 10.1. The lowest BCUT2D eigenvalue weighted by molar-refractivity contribution is -0.143. The van der Waals surface area contributed by atoms with Crippen LogP contribution in [0.5, 0.6) is 11.5 Å². The molecule has 0 saturated heterocycles. The lowest BCUT2D eigenvalue weighted by Crippen LogP contribution is -2.34. The van der Waals surface area contributed by atoms with E-state index in [9.17, 15) is 14.7 Å². The lowest BCUT2D eigenvalue weighted by Gasteiger charge is -2.14. The summed E-state index contributed by atoms with van der Waals surface area (Å²) in [6.45, 7) is 2.74. The Labute approximate surface area is 157 Å². The van der Waals surface area contributed by atoms with E-state index in [-0.39, 0.29) is 12.5 Å². The number of amides is 1. The van der Waals surface area contributed by atoms with Crippen LogP contribution >= 0.6 is 0 Å². The standard InChI is InChI=1S/C20H22N2O5/c1-2-26-17-10-15(18(23)22-13-20(7-8-20)19(24)25)5-6-16(17)27-12-14-4-3-9-21-11-14/h3-6,9-11H,2,7-8,12-13H2,1H3,(H,22,23)(H,24,25). The SMILES string of the molecule is CCOc1cc(C(=O)NCC2(C(=O)O)CC2)ccc1OCc1cccnc1. The molecule has 0 unspecified atom stereocenters. The van der Waals surface area contributed by atoms with Crippen LogP contribution in [0.4, 0.5) is 0 Å². The number of carboxylic acids is 1. The van der Waals surface area contributed by atoms with Gasteiger partial charge in [0.25, 0.3) is 5.91 Å². The molecule has 3 rings (SSSR count). The average Bonchev–Trinajstić information content (AvgIpc) is 3.47. The molecular weight excluding hydrogens is 348 g/mol. The zero-order valence-electron chi connectivity index (χ0n) is 15.1. The molecule has 7 nitrogen and oxygen atoms in total. The van der Waals surface area contributed by atoms with E-state index in [0.29, 0.717) is 43.1 Å². The second-order valence-corrected chi connectivity index (χ2v) is 6.51. The number of nitrogens with zero attached hydrogens (tertiary/aromatic N) is 1. The summed E-state index contributed by atoms with van der Waals surface area (Å²) in [5.41, 5.74) is 0.518. The van der Waals surface area contributed by atoms with Gasteiger partial charge in [-0.15, -0.1) is 0 Å². The average molecular weight is 370 g/mol. The molecule has 1 aliphatic carbocycles. The number of carboxylic acid groups (broad SMARTS) is 1. The molecule has 1 heterocycles. The predicted octanol–water partition coefficient (Wildman–Crippen LogP) is 2.65. The van der Waals surface area contributed by atoms with Crippen molar-refractivity contribution in [3.05, 3.63) is 53.9 Å². The topological polar surface area (TPSA) is 97.8 Å². The normalized spacial score (nSPS) is 14.3. The Morgan fingerprint density at radius 3 is 2.67 bits per heavy atom. The smallest absolute Gasteiger partial charge is 0.311 e. The highest BCUT2D eigenvalue weighted by atomic mass is 16.5. The molecule has 0 atom stereocenters. The first-order valence-corrected chi connectivity index (χ1v) is 8.84. The van der Waals surface area contributed by atoms with Gasteiger partial charge < -0.3 is 19.9 Å². The maximum absolute atomic E-state index is 12.4. The van der Waals surface area contributed by atoms with Gasteiger partial charge in [0.05, 0.1) is 12.0 Å². The molecule has 142 valence electrons. The van der Waals surface area contributed by atoms with E-state index < -0.39 is 11.4 Å². The molecular formula is C20H22N2O5. The molecule has 7 heteroatoms. The first-order chi connectivity index (χ1) is 13.0. The monoisotopic (exact) mass is 370 g/mol. The maximum Gasteiger partial charge on any atom is 0.311 e. The van der Waals surface area contributed by atoms with Gasteiger partial charge in [-0.3, -0.25) is 14.6 Å². The van der Waals surface area contributed by atoms with E-state index in [2.05, 4.69) is 10.3 Å². The summed E-state index contributed by atoms with van der Waals surface area (Å²) in [5.74, 6) is -0.200. The third-order valence-electron chi connectivity index (χ3n) is 4.52. The number of carbonyl (C=O) groups excluding carboxylic acids is 1.